The Labute approximate surface area is 87.2 Å². The summed E-state index contributed by atoms with van der Waals surface area (Å²) >= 11 is 1.76. The molecule has 0 atom stereocenters. The Kier molecular flexibility index (Phi) is 2.65. The quantitative estimate of drug-likeness (QED) is 0.829. The van der Waals surface area contributed by atoms with Crippen LogP contribution < -0.4 is 5.73 Å². The number of rotatable bonds is 3. The molecule has 0 radical (unpaired) electrons. The summed E-state index contributed by atoms with van der Waals surface area (Å²) in [5.74, 6) is 0. The van der Waals surface area contributed by atoms with Gasteiger partial charge in [0.15, 0.2) is 0 Å². The van der Waals surface area contributed by atoms with E-state index in [0.29, 0.717) is 6.54 Å². The van der Waals surface area contributed by atoms with E-state index in [4.69, 9.17) is 5.73 Å². The van der Waals surface area contributed by atoms with Crippen molar-refractivity contribution < 1.29 is 0 Å². The van der Waals surface area contributed by atoms with E-state index in [1.165, 1.54) is 4.88 Å². The molecule has 2 heterocycles. The summed E-state index contributed by atoms with van der Waals surface area (Å²) in [5, 5.41) is 6.49. The molecule has 4 heteroatoms. The summed E-state index contributed by atoms with van der Waals surface area (Å²) in [6.07, 6.45) is 0.908. The molecule has 14 heavy (non-hydrogen) atoms. The van der Waals surface area contributed by atoms with Crippen LogP contribution in [-0.4, -0.2) is 9.78 Å². The number of nitrogens with two attached hydrogens (primary N) is 1. The van der Waals surface area contributed by atoms with E-state index >= 15 is 0 Å². The van der Waals surface area contributed by atoms with Crippen LogP contribution in [0.2, 0.25) is 0 Å². The van der Waals surface area contributed by atoms with Crippen molar-refractivity contribution in [2.45, 2.75) is 13.0 Å². The van der Waals surface area contributed by atoms with Crippen LogP contribution in [0.25, 0.3) is 0 Å². The fourth-order valence-corrected chi connectivity index (χ4v) is 2.16. The number of thiophene rings is 1. The molecule has 2 aromatic rings. The summed E-state index contributed by atoms with van der Waals surface area (Å²) in [4.78, 5) is 1.34. The lowest BCUT2D eigenvalue weighted by Crippen LogP contribution is -2.03. The fourth-order valence-electron chi connectivity index (χ4n) is 1.44. The molecule has 0 aliphatic carbocycles. The molecule has 0 fully saturated rings. The highest BCUT2D eigenvalue weighted by atomic mass is 32.1. The smallest absolute Gasteiger partial charge is 0.0679 e. The highest BCUT2D eigenvalue weighted by Gasteiger charge is 2.04. The van der Waals surface area contributed by atoms with Gasteiger partial charge in [0.1, 0.15) is 0 Å². The third kappa shape index (κ3) is 1.86. The molecule has 2 aromatic heterocycles. The molecule has 0 aliphatic heterocycles. The van der Waals surface area contributed by atoms with Crippen molar-refractivity contribution in [2.75, 3.05) is 0 Å². The van der Waals surface area contributed by atoms with Crippen molar-refractivity contribution in [2.24, 2.45) is 12.8 Å². The number of aromatic nitrogens is 2. The van der Waals surface area contributed by atoms with Crippen molar-refractivity contribution in [1.82, 2.24) is 9.78 Å². The van der Waals surface area contributed by atoms with E-state index in [2.05, 4.69) is 28.7 Å². The van der Waals surface area contributed by atoms with Gasteiger partial charge in [0.25, 0.3) is 0 Å². The highest BCUT2D eigenvalue weighted by Crippen LogP contribution is 2.14. The van der Waals surface area contributed by atoms with Gasteiger partial charge in [-0.1, -0.05) is 6.07 Å². The third-order valence-electron chi connectivity index (χ3n) is 2.17. The molecule has 0 aliphatic rings. The summed E-state index contributed by atoms with van der Waals surface area (Å²) < 4.78 is 1.85. The lowest BCUT2D eigenvalue weighted by molar-refractivity contribution is 0.702. The van der Waals surface area contributed by atoms with Gasteiger partial charge in [0, 0.05) is 24.9 Å². The Hall–Kier alpha value is -1.13. The van der Waals surface area contributed by atoms with E-state index in [1.807, 2.05) is 11.7 Å². The van der Waals surface area contributed by atoms with E-state index in [-0.39, 0.29) is 0 Å². The third-order valence-corrected chi connectivity index (χ3v) is 3.05. The monoisotopic (exact) mass is 207 g/mol. The molecule has 74 valence electrons. The molecule has 0 bridgehead atoms. The Balaban J connectivity index is 2.17. The SMILES string of the molecule is Cn1nc(Cc2cccs2)cc1CN. The van der Waals surface area contributed by atoms with Gasteiger partial charge >= 0.3 is 0 Å². The molecule has 0 unspecified atom stereocenters. The number of aryl methyl sites for hydroxylation is 1. The van der Waals surface area contributed by atoms with E-state index in [9.17, 15) is 0 Å². The molecule has 3 nitrogen and oxygen atoms in total. The second-order valence-corrected chi connectivity index (χ2v) is 4.24. The second-order valence-electron chi connectivity index (χ2n) is 3.21. The first-order valence-electron chi connectivity index (χ1n) is 4.54. The van der Waals surface area contributed by atoms with Crippen LogP contribution in [0.1, 0.15) is 16.3 Å². The van der Waals surface area contributed by atoms with Gasteiger partial charge in [0.2, 0.25) is 0 Å². The van der Waals surface area contributed by atoms with Crippen molar-refractivity contribution in [3.63, 3.8) is 0 Å². The molecule has 2 N–H and O–H groups in total. The van der Waals surface area contributed by atoms with Gasteiger partial charge in [-0.15, -0.1) is 11.3 Å². The number of hydrogen-bond donors (Lipinski definition) is 1. The summed E-state index contributed by atoms with van der Waals surface area (Å²) in [6.45, 7) is 0.550. The Bertz CT molecular complexity index is 403. The molecule has 0 aromatic carbocycles. The first-order chi connectivity index (χ1) is 6.79. The van der Waals surface area contributed by atoms with Crippen LogP contribution in [0.15, 0.2) is 23.6 Å². The lowest BCUT2D eigenvalue weighted by atomic mass is 10.2. The van der Waals surface area contributed by atoms with Gasteiger partial charge in [0.05, 0.1) is 11.4 Å². The zero-order valence-corrected chi connectivity index (χ0v) is 8.92. The first kappa shape index (κ1) is 9.43. The van der Waals surface area contributed by atoms with Gasteiger partial charge in [-0.05, 0) is 17.5 Å². The number of hydrogen-bond acceptors (Lipinski definition) is 3. The van der Waals surface area contributed by atoms with Gasteiger partial charge in [-0.3, -0.25) is 4.68 Å². The lowest BCUT2D eigenvalue weighted by Gasteiger charge is -1.93. The van der Waals surface area contributed by atoms with Crippen LogP contribution >= 0.6 is 11.3 Å². The molecular formula is C10H13N3S. The minimum atomic E-state index is 0.550. The maximum Gasteiger partial charge on any atom is 0.0679 e. The topological polar surface area (TPSA) is 43.8 Å². The average molecular weight is 207 g/mol. The van der Waals surface area contributed by atoms with Crippen molar-refractivity contribution >= 4 is 11.3 Å². The van der Waals surface area contributed by atoms with Crippen LogP contribution in [0.5, 0.6) is 0 Å². The van der Waals surface area contributed by atoms with Gasteiger partial charge < -0.3 is 5.73 Å². The predicted octanol–water partition coefficient (Wildman–Crippen LogP) is 1.53. The zero-order valence-electron chi connectivity index (χ0n) is 8.10. The Morgan fingerprint density at radius 1 is 1.57 bits per heavy atom. The fraction of sp³-hybridized carbons (Fsp3) is 0.300. The van der Waals surface area contributed by atoms with E-state index in [0.717, 1.165) is 17.8 Å². The summed E-state index contributed by atoms with van der Waals surface area (Å²) in [5.41, 5.74) is 7.75. The highest BCUT2D eigenvalue weighted by molar-refractivity contribution is 7.09. The molecule has 2 rings (SSSR count). The predicted molar refractivity (Wildman–Crippen MR) is 58.2 cm³/mol. The maximum atomic E-state index is 5.58. The van der Waals surface area contributed by atoms with E-state index in [1.54, 1.807) is 11.3 Å². The molecule has 0 saturated heterocycles. The minimum absolute atomic E-state index is 0.550. The van der Waals surface area contributed by atoms with Crippen molar-refractivity contribution in [1.29, 1.82) is 0 Å². The Morgan fingerprint density at radius 2 is 2.43 bits per heavy atom. The van der Waals surface area contributed by atoms with Crippen LogP contribution in [-0.2, 0) is 20.0 Å². The van der Waals surface area contributed by atoms with Crippen LogP contribution in [0.4, 0.5) is 0 Å². The minimum Gasteiger partial charge on any atom is -0.325 e. The number of nitrogens with zero attached hydrogens (tertiary/aromatic N) is 2. The molecule has 0 amide bonds. The second kappa shape index (κ2) is 3.94. The van der Waals surface area contributed by atoms with Crippen molar-refractivity contribution in [3.8, 4) is 0 Å². The molecule has 0 spiro atoms. The average Bonchev–Trinajstić information content (AvgIpc) is 2.76. The van der Waals surface area contributed by atoms with Gasteiger partial charge in [-0.2, -0.15) is 5.10 Å². The zero-order chi connectivity index (χ0) is 9.97. The van der Waals surface area contributed by atoms with Crippen molar-refractivity contribution in [3.05, 3.63) is 39.8 Å². The molecule has 0 saturated carbocycles. The first-order valence-corrected chi connectivity index (χ1v) is 5.42. The van der Waals surface area contributed by atoms with Gasteiger partial charge in [-0.25, -0.2) is 0 Å². The maximum absolute atomic E-state index is 5.58. The molecular weight excluding hydrogens is 194 g/mol. The Morgan fingerprint density at radius 3 is 3.00 bits per heavy atom. The summed E-state index contributed by atoms with van der Waals surface area (Å²) in [6, 6.07) is 6.26. The standard InChI is InChI=1S/C10H13N3S/c1-13-9(7-11)5-8(12-13)6-10-3-2-4-14-10/h2-5H,6-7,11H2,1H3. The van der Waals surface area contributed by atoms with E-state index < -0.39 is 0 Å². The summed E-state index contributed by atoms with van der Waals surface area (Å²) in [7, 11) is 1.93. The van der Waals surface area contributed by atoms with Crippen LogP contribution in [0.3, 0.4) is 0 Å². The largest absolute Gasteiger partial charge is 0.325 e. The van der Waals surface area contributed by atoms with Crippen LogP contribution in [0, 0.1) is 0 Å². The normalized spacial score (nSPS) is 10.7.